The summed E-state index contributed by atoms with van der Waals surface area (Å²) in [4.78, 5) is 12.3. The van der Waals surface area contributed by atoms with Crippen molar-refractivity contribution in [2.24, 2.45) is 7.05 Å². The largest absolute Gasteiger partial charge is 0.454 e. The molecule has 0 radical (unpaired) electrons. The van der Waals surface area contributed by atoms with Crippen LogP contribution in [0.3, 0.4) is 0 Å². The van der Waals surface area contributed by atoms with Crippen molar-refractivity contribution in [2.45, 2.75) is 6.42 Å². The van der Waals surface area contributed by atoms with Gasteiger partial charge in [-0.25, -0.2) is 0 Å². The molecule has 0 bridgehead atoms. The zero-order valence-corrected chi connectivity index (χ0v) is 13.8. The highest BCUT2D eigenvalue weighted by atomic mass is 16.7. The van der Waals surface area contributed by atoms with E-state index in [0.717, 1.165) is 28.5 Å². The lowest BCUT2D eigenvalue weighted by molar-refractivity contribution is 0.0949. The van der Waals surface area contributed by atoms with E-state index in [2.05, 4.69) is 15.5 Å². The van der Waals surface area contributed by atoms with Gasteiger partial charge in [0.15, 0.2) is 11.5 Å². The molecule has 3 aromatic rings. The number of rotatable bonds is 5. The van der Waals surface area contributed by atoms with Crippen molar-refractivity contribution in [1.82, 2.24) is 20.1 Å². The number of aromatic amines is 1. The molecule has 1 aliphatic heterocycles. The number of fused-ring (bicyclic) bond motifs is 1. The van der Waals surface area contributed by atoms with Crippen molar-refractivity contribution in [3.05, 3.63) is 53.9 Å². The van der Waals surface area contributed by atoms with E-state index in [9.17, 15) is 4.79 Å². The fourth-order valence-corrected chi connectivity index (χ4v) is 2.81. The average molecular weight is 338 g/mol. The lowest BCUT2D eigenvalue weighted by Crippen LogP contribution is -2.26. The highest BCUT2D eigenvalue weighted by Gasteiger charge is 2.14. The summed E-state index contributed by atoms with van der Waals surface area (Å²) in [5.41, 5.74) is 3.23. The zero-order valence-electron chi connectivity index (χ0n) is 13.8. The Labute approximate surface area is 144 Å². The van der Waals surface area contributed by atoms with Gasteiger partial charge >= 0.3 is 0 Å². The van der Waals surface area contributed by atoms with Gasteiger partial charge < -0.3 is 19.4 Å². The standard InChI is InChI=1S/C18H18N4O3/c1-22-8-2-3-15(22)13-10-14(21-20-13)18(23)19-7-6-12-4-5-16-17(9-12)25-11-24-16/h2-5,8-10H,6-7,11H2,1H3,(H,19,23)(H,20,21). The van der Waals surface area contributed by atoms with Crippen molar-refractivity contribution >= 4 is 5.91 Å². The number of nitrogens with one attached hydrogen (secondary N) is 2. The Balaban J connectivity index is 1.35. The van der Waals surface area contributed by atoms with Gasteiger partial charge in [0.2, 0.25) is 6.79 Å². The Kier molecular flexibility index (Phi) is 3.89. The first-order chi connectivity index (χ1) is 12.2. The molecule has 4 rings (SSSR count). The molecule has 0 saturated heterocycles. The molecule has 128 valence electrons. The molecule has 0 unspecified atom stereocenters. The molecular weight excluding hydrogens is 320 g/mol. The predicted molar refractivity (Wildman–Crippen MR) is 91.6 cm³/mol. The third-order valence-corrected chi connectivity index (χ3v) is 4.16. The van der Waals surface area contributed by atoms with E-state index in [1.54, 1.807) is 6.07 Å². The molecule has 2 N–H and O–H groups in total. The number of benzene rings is 1. The summed E-state index contributed by atoms with van der Waals surface area (Å²) in [5, 5.41) is 9.90. The van der Waals surface area contributed by atoms with Gasteiger partial charge in [-0.2, -0.15) is 5.10 Å². The summed E-state index contributed by atoms with van der Waals surface area (Å²) in [5.74, 6) is 1.34. The van der Waals surface area contributed by atoms with Gasteiger partial charge in [0, 0.05) is 19.8 Å². The van der Waals surface area contributed by atoms with Crippen LogP contribution in [0.15, 0.2) is 42.6 Å². The molecule has 0 spiro atoms. The third-order valence-electron chi connectivity index (χ3n) is 4.16. The smallest absolute Gasteiger partial charge is 0.269 e. The van der Waals surface area contributed by atoms with E-state index >= 15 is 0 Å². The lowest BCUT2D eigenvalue weighted by Gasteiger charge is -2.05. The fraction of sp³-hybridized carbons (Fsp3) is 0.222. The number of aromatic nitrogens is 3. The number of carbonyl (C=O) groups is 1. The minimum atomic E-state index is -0.172. The van der Waals surface area contributed by atoms with E-state index in [4.69, 9.17) is 9.47 Å². The monoisotopic (exact) mass is 338 g/mol. The van der Waals surface area contributed by atoms with Crippen LogP contribution in [0.5, 0.6) is 11.5 Å². The van der Waals surface area contributed by atoms with Gasteiger partial charge in [0.05, 0.1) is 5.69 Å². The van der Waals surface area contributed by atoms with Crippen LogP contribution in [0, 0.1) is 0 Å². The number of carbonyl (C=O) groups excluding carboxylic acids is 1. The van der Waals surface area contributed by atoms with E-state index in [-0.39, 0.29) is 12.7 Å². The van der Waals surface area contributed by atoms with Crippen LogP contribution >= 0.6 is 0 Å². The topological polar surface area (TPSA) is 81.2 Å². The molecule has 0 fully saturated rings. The van der Waals surface area contributed by atoms with Crippen molar-refractivity contribution < 1.29 is 14.3 Å². The normalized spacial score (nSPS) is 12.4. The van der Waals surface area contributed by atoms with Gasteiger partial charge in [0.1, 0.15) is 11.4 Å². The highest BCUT2D eigenvalue weighted by Crippen LogP contribution is 2.32. The predicted octanol–water partition coefficient (Wildman–Crippen LogP) is 2.12. The Morgan fingerprint density at radius 3 is 3.00 bits per heavy atom. The van der Waals surface area contributed by atoms with Crippen LogP contribution < -0.4 is 14.8 Å². The summed E-state index contributed by atoms with van der Waals surface area (Å²) >= 11 is 0. The van der Waals surface area contributed by atoms with E-state index in [0.29, 0.717) is 18.7 Å². The van der Waals surface area contributed by atoms with Crippen LogP contribution in [0.25, 0.3) is 11.4 Å². The molecule has 7 heteroatoms. The Hall–Kier alpha value is -3.22. The van der Waals surface area contributed by atoms with Crippen LogP contribution in [0.1, 0.15) is 16.1 Å². The first kappa shape index (κ1) is 15.3. The summed E-state index contributed by atoms with van der Waals surface area (Å²) in [6.45, 7) is 0.788. The SMILES string of the molecule is Cn1cccc1-c1cc(C(=O)NCCc2ccc3c(c2)OCO3)[nH]n1. The molecule has 2 aromatic heterocycles. The average Bonchev–Trinajstić information content (AvgIpc) is 3.34. The van der Waals surface area contributed by atoms with Crippen molar-refractivity contribution in [2.75, 3.05) is 13.3 Å². The number of aryl methyl sites for hydroxylation is 1. The summed E-state index contributed by atoms with van der Waals surface area (Å²) in [6, 6.07) is 11.5. The highest BCUT2D eigenvalue weighted by molar-refractivity contribution is 5.93. The minimum Gasteiger partial charge on any atom is -0.454 e. The fourth-order valence-electron chi connectivity index (χ4n) is 2.81. The van der Waals surface area contributed by atoms with Crippen molar-refractivity contribution in [1.29, 1.82) is 0 Å². The van der Waals surface area contributed by atoms with E-state index < -0.39 is 0 Å². The first-order valence-electron chi connectivity index (χ1n) is 8.04. The van der Waals surface area contributed by atoms with Crippen LogP contribution in [0.4, 0.5) is 0 Å². The van der Waals surface area contributed by atoms with Gasteiger partial charge in [0.25, 0.3) is 5.91 Å². The maximum atomic E-state index is 12.3. The molecule has 1 amide bonds. The summed E-state index contributed by atoms with van der Waals surface area (Å²) in [7, 11) is 1.94. The van der Waals surface area contributed by atoms with E-state index in [1.165, 1.54) is 0 Å². The molecule has 25 heavy (non-hydrogen) atoms. The zero-order chi connectivity index (χ0) is 17.2. The minimum absolute atomic E-state index is 0.172. The Morgan fingerprint density at radius 1 is 1.28 bits per heavy atom. The number of ether oxygens (including phenoxy) is 2. The quantitative estimate of drug-likeness (QED) is 0.747. The molecule has 0 aliphatic carbocycles. The third kappa shape index (κ3) is 3.08. The van der Waals surface area contributed by atoms with Crippen LogP contribution in [-0.2, 0) is 13.5 Å². The number of amides is 1. The van der Waals surface area contributed by atoms with Crippen LogP contribution in [-0.4, -0.2) is 34.0 Å². The molecular formula is C18H18N4O3. The van der Waals surface area contributed by atoms with Gasteiger partial charge in [-0.15, -0.1) is 0 Å². The maximum Gasteiger partial charge on any atom is 0.269 e. The Morgan fingerprint density at radius 2 is 2.16 bits per heavy atom. The van der Waals surface area contributed by atoms with Crippen molar-refractivity contribution in [3.63, 3.8) is 0 Å². The molecule has 7 nitrogen and oxygen atoms in total. The molecule has 3 heterocycles. The molecule has 0 saturated carbocycles. The number of H-pyrrole nitrogens is 1. The lowest BCUT2D eigenvalue weighted by atomic mass is 10.1. The molecule has 0 atom stereocenters. The molecule has 1 aromatic carbocycles. The number of nitrogens with zero attached hydrogens (tertiary/aromatic N) is 2. The maximum absolute atomic E-state index is 12.3. The van der Waals surface area contributed by atoms with Crippen molar-refractivity contribution in [3.8, 4) is 22.9 Å². The number of hydrogen-bond donors (Lipinski definition) is 2. The van der Waals surface area contributed by atoms with Gasteiger partial charge in [-0.3, -0.25) is 9.89 Å². The Bertz CT molecular complexity index is 913. The number of hydrogen-bond acceptors (Lipinski definition) is 4. The summed E-state index contributed by atoms with van der Waals surface area (Å²) < 4.78 is 12.6. The van der Waals surface area contributed by atoms with E-state index in [1.807, 2.05) is 48.1 Å². The van der Waals surface area contributed by atoms with Crippen LogP contribution in [0.2, 0.25) is 0 Å². The molecule has 1 aliphatic rings. The second-order valence-corrected chi connectivity index (χ2v) is 5.86. The second kappa shape index (κ2) is 6.35. The second-order valence-electron chi connectivity index (χ2n) is 5.86. The van der Waals surface area contributed by atoms with Gasteiger partial charge in [-0.05, 0) is 42.3 Å². The van der Waals surface area contributed by atoms with Gasteiger partial charge in [-0.1, -0.05) is 6.07 Å². The summed E-state index contributed by atoms with van der Waals surface area (Å²) in [6.07, 6.45) is 2.65. The first-order valence-corrected chi connectivity index (χ1v) is 8.04.